The van der Waals surface area contributed by atoms with Gasteiger partial charge in [0, 0.05) is 18.8 Å². The number of aromatic nitrogens is 1. The van der Waals surface area contributed by atoms with Crippen LogP contribution < -0.4 is 5.32 Å². The fourth-order valence-corrected chi connectivity index (χ4v) is 2.26. The number of carbonyl (C=O) groups excluding carboxylic acids is 1. The van der Waals surface area contributed by atoms with E-state index < -0.39 is 23.7 Å². The number of nitrogens with one attached hydrogen (secondary N) is 1. The zero-order valence-corrected chi connectivity index (χ0v) is 14.5. The molecule has 0 aliphatic rings. The zero-order chi connectivity index (χ0) is 18.4. The molecule has 6 heteroatoms. The van der Waals surface area contributed by atoms with Gasteiger partial charge in [-0.1, -0.05) is 24.3 Å². The van der Waals surface area contributed by atoms with Crippen molar-refractivity contribution in [3.8, 4) is 11.1 Å². The number of amides is 1. The molecule has 0 fully saturated rings. The number of pyridine rings is 1. The number of aliphatic carboxylic acids is 1. The van der Waals surface area contributed by atoms with Crippen LogP contribution in [0.15, 0.2) is 48.8 Å². The number of rotatable bonds is 5. The third-order valence-corrected chi connectivity index (χ3v) is 3.40. The minimum Gasteiger partial charge on any atom is -0.480 e. The molecule has 2 rings (SSSR count). The number of alkyl carbamates (subject to hydrolysis) is 1. The van der Waals surface area contributed by atoms with Gasteiger partial charge in [-0.3, -0.25) is 4.98 Å². The molecule has 0 radical (unpaired) electrons. The summed E-state index contributed by atoms with van der Waals surface area (Å²) in [7, 11) is 0. The van der Waals surface area contributed by atoms with Crippen molar-refractivity contribution in [2.75, 3.05) is 0 Å². The number of nitrogens with zero attached hydrogens (tertiary/aromatic N) is 1. The van der Waals surface area contributed by atoms with E-state index in [0.717, 1.165) is 16.7 Å². The number of ether oxygens (including phenoxy) is 1. The highest BCUT2D eigenvalue weighted by molar-refractivity contribution is 5.80. The third kappa shape index (κ3) is 5.91. The van der Waals surface area contributed by atoms with Crippen LogP contribution in [0.1, 0.15) is 26.3 Å². The van der Waals surface area contributed by atoms with Crippen molar-refractivity contribution in [3.05, 3.63) is 54.4 Å². The largest absolute Gasteiger partial charge is 0.480 e. The zero-order valence-electron chi connectivity index (χ0n) is 14.5. The van der Waals surface area contributed by atoms with Crippen molar-refractivity contribution in [2.24, 2.45) is 0 Å². The van der Waals surface area contributed by atoms with Crippen molar-refractivity contribution >= 4 is 12.1 Å². The Morgan fingerprint density at radius 3 is 2.16 bits per heavy atom. The molecule has 1 atom stereocenters. The highest BCUT2D eigenvalue weighted by atomic mass is 16.6. The SMILES string of the molecule is CC(C)(C)OC(=O)N[C@H](Cc1ccc(-c2ccncc2)cc1)C(=O)O. The Morgan fingerprint density at radius 2 is 1.64 bits per heavy atom. The second-order valence-corrected chi connectivity index (χ2v) is 6.67. The molecule has 0 saturated heterocycles. The van der Waals surface area contributed by atoms with Crippen LogP contribution >= 0.6 is 0 Å². The molecule has 0 bridgehead atoms. The molecule has 2 aromatic rings. The van der Waals surface area contributed by atoms with E-state index in [0.29, 0.717) is 0 Å². The maximum absolute atomic E-state index is 11.8. The summed E-state index contributed by atoms with van der Waals surface area (Å²) >= 11 is 0. The van der Waals surface area contributed by atoms with Gasteiger partial charge in [0.2, 0.25) is 0 Å². The van der Waals surface area contributed by atoms with E-state index in [4.69, 9.17) is 4.74 Å². The molecule has 0 unspecified atom stereocenters. The van der Waals surface area contributed by atoms with Crippen LogP contribution in [0.4, 0.5) is 4.79 Å². The van der Waals surface area contributed by atoms with Crippen LogP contribution in [0.3, 0.4) is 0 Å². The van der Waals surface area contributed by atoms with E-state index in [9.17, 15) is 14.7 Å². The van der Waals surface area contributed by atoms with Crippen molar-refractivity contribution in [1.29, 1.82) is 0 Å². The molecular formula is C19H22N2O4. The highest BCUT2D eigenvalue weighted by Gasteiger charge is 2.24. The second kappa shape index (κ2) is 7.79. The van der Waals surface area contributed by atoms with E-state index in [1.807, 2.05) is 36.4 Å². The summed E-state index contributed by atoms with van der Waals surface area (Å²) in [4.78, 5) is 27.2. The van der Waals surface area contributed by atoms with Crippen LogP contribution in [0, 0.1) is 0 Å². The minimum absolute atomic E-state index is 0.172. The summed E-state index contributed by atoms with van der Waals surface area (Å²) in [5.41, 5.74) is 2.17. The standard InChI is InChI=1S/C19H22N2O4/c1-19(2,3)25-18(24)21-16(17(22)23)12-13-4-6-14(7-5-13)15-8-10-20-11-9-15/h4-11,16H,12H2,1-3H3,(H,21,24)(H,22,23)/t16-/m1/s1. The van der Waals surface area contributed by atoms with E-state index in [1.54, 1.807) is 33.2 Å². The molecule has 25 heavy (non-hydrogen) atoms. The number of benzene rings is 1. The van der Waals surface area contributed by atoms with Gasteiger partial charge in [-0.2, -0.15) is 0 Å². The van der Waals surface area contributed by atoms with Crippen LogP contribution in [-0.4, -0.2) is 33.8 Å². The number of carboxylic acids is 1. The molecule has 2 N–H and O–H groups in total. The summed E-state index contributed by atoms with van der Waals surface area (Å²) < 4.78 is 5.11. The van der Waals surface area contributed by atoms with Crippen LogP contribution in [0.25, 0.3) is 11.1 Å². The molecule has 1 aromatic heterocycles. The quantitative estimate of drug-likeness (QED) is 0.870. The summed E-state index contributed by atoms with van der Waals surface area (Å²) in [5.74, 6) is -1.11. The molecule has 0 spiro atoms. The topological polar surface area (TPSA) is 88.5 Å². The fourth-order valence-electron chi connectivity index (χ4n) is 2.26. The van der Waals surface area contributed by atoms with Crippen LogP contribution in [0.5, 0.6) is 0 Å². The molecule has 6 nitrogen and oxygen atoms in total. The molecule has 1 heterocycles. The van der Waals surface area contributed by atoms with Crippen LogP contribution in [-0.2, 0) is 16.0 Å². The minimum atomic E-state index is -1.11. The van der Waals surface area contributed by atoms with Crippen molar-refractivity contribution in [3.63, 3.8) is 0 Å². The van der Waals surface area contributed by atoms with Gasteiger partial charge < -0.3 is 15.2 Å². The first kappa shape index (κ1) is 18.4. The fraction of sp³-hybridized carbons (Fsp3) is 0.316. The van der Waals surface area contributed by atoms with Gasteiger partial charge in [-0.05, 0) is 49.6 Å². The second-order valence-electron chi connectivity index (χ2n) is 6.67. The van der Waals surface area contributed by atoms with Crippen LogP contribution in [0.2, 0.25) is 0 Å². The first-order valence-electron chi connectivity index (χ1n) is 7.96. The van der Waals surface area contributed by atoms with E-state index in [1.165, 1.54) is 0 Å². The lowest BCUT2D eigenvalue weighted by Gasteiger charge is -2.22. The number of carbonyl (C=O) groups is 2. The lowest BCUT2D eigenvalue weighted by Crippen LogP contribution is -2.44. The van der Waals surface area contributed by atoms with Crippen molar-refractivity contribution in [2.45, 2.75) is 38.8 Å². The average Bonchev–Trinajstić information content (AvgIpc) is 2.54. The van der Waals surface area contributed by atoms with Crippen molar-refractivity contribution < 1.29 is 19.4 Å². The van der Waals surface area contributed by atoms with Gasteiger partial charge in [0.05, 0.1) is 0 Å². The lowest BCUT2D eigenvalue weighted by molar-refractivity contribution is -0.139. The van der Waals surface area contributed by atoms with Gasteiger partial charge in [0.25, 0.3) is 0 Å². The summed E-state index contributed by atoms with van der Waals surface area (Å²) in [6, 6.07) is 10.3. The monoisotopic (exact) mass is 342 g/mol. The summed E-state index contributed by atoms with van der Waals surface area (Å²) in [6.45, 7) is 5.17. The number of hydrogen-bond donors (Lipinski definition) is 2. The van der Waals surface area contributed by atoms with E-state index in [-0.39, 0.29) is 6.42 Å². The smallest absolute Gasteiger partial charge is 0.408 e. The Morgan fingerprint density at radius 1 is 1.08 bits per heavy atom. The number of hydrogen-bond acceptors (Lipinski definition) is 4. The molecule has 132 valence electrons. The predicted octanol–water partition coefficient (Wildman–Crippen LogP) is 3.27. The van der Waals surface area contributed by atoms with E-state index in [2.05, 4.69) is 10.3 Å². The first-order chi connectivity index (χ1) is 11.7. The van der Waals surface area contributed by atoms with Gasteiger partial charge in [-0.15, -0.1) is 0 Å². The molecule has 1 aromatic carbocycles. The van der Waals surface area contributed by atoms with Gasteiger partial charge in [0.15, 0.2) is 0 Å². The van der Waals surface area contributed by atoms with E-state index >= 15 is 0 Å². The molecule has 0 aliphatic carbocycles. The average molecular weight is 342 g/mol. The Balaban J connectivity index is 2.04. The normalized spacial score (nSPS) is 12.3. The Kier molecular flexibility index (Phi) is 5.75. The van der Waals surface area contributed by atoms with Crippen molar-refractivity contribution in [1.82, 2.24) is 10.3 Å². The molecule has 0 saturated carbocycles. The Labute approximate surface area is 146 Å². The molecule has 0 aliphatic heterocycles. The lowest BCUT2D eigenvalue weighted by atomic mass is 10.0. The molecule has 1 amide bonds. The third-order valence-electron chi connectivity index (χ3n) is 3.40. The van der Waals surface area contributed by atoms with Gasteiger partial charge in [-0.25, -0.2) is 9.59 Å². The maximum Gasteiger partial charge on any atom is 0.408 e. The first-order valence-corrected chi connectivity index (χ1v) is 7.96. The number of carboxylic acid groups (broad SMARTS) is 1. The predicted molar refractivity (Wildman–Crippen MR) is 94.2 cm³/mol. The Hall–Kier alpha value is -2.89. The maximum atomic E-state index is 11.8. The van der Waals surface area contributed by atoms with Gasteiger partial charge in [0.1, 0.15) is 11.6 Å². The summed E-state index contributed by atoms with van der Waals surface area (Å²) in [5, 5.41) is 11.7. The van der Waals surface area contributed by atoms with Gasteiger partial charge >= 0.3 is 12.1 Å². The summed E-state index contributed by atoms with van der Waals surface area (Å²) in [6.07, 6.45) is 2.86. The molecular weight excluding hydrogens is 320 g/mol. The highest BCUT2D eigenvalue weighted by Crippen LogP contribution is 2.19. The Bertz CT molecular complexity index is 721.